The number of hydrogen-bond donors (Lipinski definition) is 0. The second kappa shape index (κ2) is 8.21. The van der Waals surface area contributed by atoms with Gasteiger partial charge in [0.25, 0.3) is 0 Å². The van der Waals surface area contributed by atoms with Crippen LogP contribution in [-0.2, 0) is 0 Å². The molecular formula is C26H21N2O2-. The number of carboxylic acid groups (broad SMARTS) is 1. The van der Waals surface area contributed by atoms with Crippen molar-refractivity contribution in [3.63, 3.8) is 0 Å². The maximum Gasteiger partial charge on any atom is 0.0715 e. The highest BCUT2D eigenvalue weighted by Crippen LogP contribution is 2.24. The van der Waals surface area contributed by atoms with Gasteiger partial charge < -0.3 is 14.5 Å². The number of benzene rings is 3. The van der Waals surface area contributed by atoms with Crippen LogP contribution in [0.25, 0.3) is 16.8 Å². The summed E-state index contributed by atoms with van der Waals surface area (Å²) in [4.78, 5) is 15.3. The van der Waals surface area contributed by atoms with Crippen LogP contribution in [0.2, 0.25) is 0 Å². The number of rotatable bonds is 5. The molecule has 0 saturated heterocycles. The van der Waals surface area contributed by atoms with Crippen LogP contribution in [0, 0.1) is 13.8 Å². The van der Waals surface area contributed by atoms with E-state index in [4.69, 9.17) is 0 Å². The Morgan fingerprint density at radius 3 is 2.13 bits per heavy atom. The van der Waals surface area contributed by atoms with Crippen molar-refractivity contribution in [1.82, 2.24) is 4.57 Å². The molecule has 1 heterocycles. The molecule has 0 spiro atoms. The molecule has 1 aromatic heterocycles. The van der Waals surface area contributed by atoms with Gasteiger partial charge in [-0.3, -0.25) is 4.99 Å². The van der Waals surface area contributed by atoms with Gasteiger partial charge in [0.2, 0.25) is 0 Å². The molecule has 3 aromatic carbocycles. The van der Waals surface area contributed by atoms with E-state index in [0.717, 1.165) is 22.6 Å². The number of aromatic nitrogens is 1. The number of nitrogens with zero attached hydrogens (tertiary/aromatic N) is 2. The van der Waals surface area contributed by atoms with Gasteiger partial charge in [0.1, 0.15) is 0 Å². The summed E-state index contributed by atoms with van der Waals surface area (Å²) in [6.07, 6.45) is 1.81. The third-order valence-corrected chi connectivity index (χ3v) is 5.16. The van der Waals surface area contributed by atoms with E-state index in [0.29, 0.717) is 5.69 Å². The number of carboxylic acids is 1. The zero-order chi connectivity index (χ0) is 21.1. The topological polar surface area (TPSA) is 57.4 Å². The van der Waals surface area contributed by atoms with Crippen molar-refractivity contribution in [3.05, 3.63) is 107 Å². The zero-order valence-electron chi connectivity index (χ0n) is 16.9. The fraction of sp³-hybridized carbons (Fsp3) is 0.0769. The lowest BCUT2D eigenvalue weighted by Crippen LogP contribution is -2.21. The maximum atomic E-state index is 10.9. The lowest BCUT2D eigenvalue weighted by Gasteiger charge is -2.11. The average Bonchev–Trinajstić information content (AvgIpc) is 3.06. The molecule has 4 rings (SSSR count). The molecule has 30 heavy (non-hydrogen) atoms. The summed E-state index contributed by atoms with van der Waals surface area (Å²) in [5.41, 5.74) is 7.55. The lowest BCUT2D eigenvalue weighted by atomic mass is 10.1. The van der Waals surface area contributed by atoms with Crippen LogP contribution < -0.4 is 5.11 Å². The molecule has 0 saturated carbocycles. The van der Waals surface area contributed by atoms with Crippen molar-refractivity contribution in [2.24, 2.45) is 4.99 Å². The van der Waals surface area contributed by atoms with Crippen LogP contribution in [0.3, 0.4) is 0 Å². The van der Waals surface area contributed by atoms with E-state index in [2.05, 4.69) is 65.9 Å². The van der Waals surface area contributed by atoms with Gasteiger partial charge in [-0.15, -0.1) is 0 Å². The Kier molecular flexibility index (Phi) is 5.31. The summed E-state index contributed by atoms with van der Waals surface area (Å²) in [7, 11) is 0. The highest BCUT2D eigenvalue weighted by Gasteiger charge is 2.10. The summed E-state index contributed by atoms with van der Waals surface area (Å²) in [6.45, 7) is 4.14. The molecule has 0 bridgehead atoms. The van der Waals surface area contributed by atoms with Crippen molar-refractivity contribution in [3.8, 4) is 16.8 Å². The number of aryl methyl sites for hydroxylation is 1. The number of carbonyl (C=O) groups is 1. The number of aromatic carboxylic acids is 1. The molecule has 148 valence electrons. The second-order valence-corrected chi connectivity index (χ2v) is 7.17. The van der Waals surface area contributed by atoms with E-state index in [1.165, 1.54) is 23.3 Å². The Balaban J connectivity index is 1.60. The summed E-state index contributed by atoms with van der Waals surface area (Å²) >= 11 is 0. The molecule has 0 aliphatic rings. The minimum Gasteiger partial charge on any atom is -0.545 e. The Morgan fingerprint density at radius 1 is 0.867 bits per heavy atom. The Bertz CT molecular complexity index is 1200. The second-order valence-electron chi connectivity index (χ2n) is 7.17. The first-order valence-corrected chi connectivity index (χ1v) is 9.73. The first kappa shape index (κ1) is 19.4. The fourth-order valence-electron chi connectivity index (χ4n) is 3.58. The SMILES string of the molecule is Cc1cc(C=Nc2ccc(C(=O)[O-])cc2)c(C)n1-c1ccc(-c2ccccc2)cc1. The Morgan fingerprint density at radius 2 is 1.50 bits per heavy atom. The monoisotopic (exact) mass is 393 g/mol. The molecule has 0 radical (unpaired) electrons. The molecular weight excluding hydrogens is 372 g/mol. The van der Waals surface area contributed by atoms with Gasteiger partial charge in [0.05, 0.1) is 11.7 Å². The zero-order valence-corrected chi connectivity index (χ0v) is 16.9. The van der Waals surface area contributed by atoms with E-state index in [-0.39, 0.29) is 5.56 Å². The van der Waals surface area contributed by atoms with Gasteiger partial charge in [0, 0.05) is 28.9 Å². The maximum absolute atomic E-state index is 10.9. The Hall–Kier alpha value is -3.92. The quantitative estimate of drug-likeness (QED) is 0.454. The molecule has 0 atom stereocenters. The van der Waals surface area contributed by atoms with Crippen molar-refractivity contribution in [2.75, 3.05) is 0 Å². The summed E-state index contributed by atoms with van der Waals surface area (Å²) in [6, 6.07) is 27.3. The fourth-order valence-corrected chi connectivity index (χ4v) is 3.58. The van der Waals surface area contributed by atoms with Gasteiger partial charge in [0.15, 0.2) is 0 Å². The van der Waals surface area contributed by atoms with Crippen LogP contribution in [0.5, 0.6) is 0 Å². The van der Waals surface area contributed by atoms with Crippen LogP contribution in [0.15, 0.2) is 89.9 Å². The molecule has 4 nitrogen and oxygen atoms in total. The standard InChI is InChI=1S/C26H22N2O2/c1-18-16-23(17-27-24-12-8-22(9-13-24)26(29)30)19(2)28(18)25-14-10-21(11-15-25)20-6-4-3-5-7-20/h3-17H,1-2H3,(H,29,30)/p-1. The van der Waals surface area contributed by atoms with Crippen molar-refractivity contribution in [2.45, 2.75) is 13.8 Å². The van der Waals surface area contributed by atoms with E-state index in [9.17, 15) is 9.90 Å². The minimum atomic E-state index is -1.19. The van der Waals surface area contributed by atoms with Gasteiger partial charge in [-0.05, 0) is 60.9 Å². The van der Waals surface area contributed by atoms with Gasteiger partial charge in [-0.25, -0.2) is 0 Å². The summed E-state index contributed by atoms with van der Waals surface area (Å²) < 4.78 is 2.20. The largest absolute Gasteiger partial charge is 0.545 e. The average molecular weight is 393 g/mol. The van der Waals surface area contributed by atoms with Crippen LogP contribution in [0.4, 0.5) is 5.69 Å². The molecule has 0 aliphatic heterocycles. The van der Waals surface area contributed by atoms with Crippen molar-refractivity contribution >= 4 is 17.9 Å². The predicted molar refractivity (Wildman–Crippen MR) is 119 cm³/mol. The van der Waals surface area contributed by atoms with E-state index >= 15 is 0 Å². The third kappa shape index (κ3) is 3.94. The van der Waals surface area contributed by atoms with Gasteiger partial charge in [-0.1, -0.05) is 54.6 Å². The highest BCUT2D eigenvalue weighted by molar-refractivity contribution is 5.87. The van der Waals surface area contributed by atoms with Gasteiger partial charge >= 0.3 is 0 Å². The normalized spacial score (nSPS) is 11.1. The minimum absolute atomic E-state index is 0.145. The van der Waals surface area contributed by atoms with E-state index in [1.54, 1.807) is 12.1 Å². The number of hydrogen-bond acceptors (Lipinski definition) is 3. The number of carbonyl (C=O) groups excluding carboxylic acids is 1. The smallest absolute Gasteiger partial charge is 0.0715 e. The van der Waals surface area contributed by atoms with Crippen molar-refractivity contribution < 1.29 is 9.90 Å². The Labute approximate surface area is 175 Å². The van der Waals surface area contributed by atoms with Crippen molar-refractivity contribution in [1.29, 1.82) is 0 Å². The summed E-state index contributed by atoms with van der Waals surface area (Å²) in [5, 5.41) is 10.9. The van der Waals surface area contributed by atoms with E-state index in [1.807, 2.05) is 24.4 Å². The molecule has 0 amide bonds. The predicted octanol–water partition coefficient (Wildman–Crippen LogP) is 4.88. The number of aliphatic imine (C=N–C) groups is 1. The highest BCUT2D eigenvalue weighted by atomic mass is 16.4. The summed E-state index contributed by atoms with van der Waals surface area (Å²) in [5.74, 6) is -1.19. The molecule has 4 heteroatoms. The van der Waals surface area contributed by atoms with Gasteiger partial charge in [-0.2, -0.15) is 0 Å². The first-order chi connectivity index (χ1) is 14.5. The third-order valence-electron chi connectivity index (χ3n) is 5.16. The first-order valence-electron chi connectivity index (χ1n) is 9.73. The molecule has 0 fully saturated rings. The van der Waals surface area contributed by atoms with Crippen LogP contribution >= 0.6 is 0 Å². The molecule has 4 aromatic rings. The van der Waals surface area contributed by atoms with Crippen LogP contribution in [-0.4, -0.2) is 16.8 Å². The lowest BCUT2D eigenvalue weighted by molar-refractivity contribution is -0.255. The van der Waals surface area contributed by atoms with Crippen LogP contribution in [0.1, 0.15) is 27.3 Å². The van der Waals surface area contributed by atoms with E-state index < -0.39 is 5.97 Å². The molecule has 0 aliphatic carbocycles. The molecule has 0 unspecified atom stereocenters. The molecule has 0 N–H and O–H groups in total.